The third kappa shape index (κ3) is 3.19. The Morgan fingerprint density at radius 3 is 2.47 bits per heavy atom. The van der Waals surface area contributed by atoms with Crippen molar-refractivity contribution in [1.29, 1.82) is 0 Å². The Morgan fingerprint density at radius 1 is 1.18 bits per heavy atom. The molecule has 0 aromatic heterocycles. The highest BCUT2D eigenvalue weighted by Gasteiger charge is 2.09. The zero-order valence-corrected chi connectivity index (χ0v) is 10.2. The minimum Gasteiger partial charge on any atom is -0.425 e. The smallest absolute Gasteiger partial charge is 0.328 e. The van der Waals surface area contributed by atoms with Crippen LogP contribution in [0.1, 0.15) is 6.92 Å². The average molecular weight is 252 g/mol. The van der Waals surface area contributed by atoms with E-state index in [1.54, 1.807) is 13.0 Å². The second-order valence-electron chi connectivity index (χ2n) is 3.72. The molecule has 2 rings (SSSR count). The van der Waals surface area contributed by atoms with Crippen LogP contribution < -0.4 is 10.5 Å². The van der Waals surface area contributed by atoms with E-state index >= 15 is 0 Å². The van der Waals surface area contributed by atoms with Crippen LogP contribution in [0.4, 0.5) is 0 Å². The predicted molar refractivity (Wildman–Crippen MR) is 70.5 cm³/mol. The van der Waals surface area contributed by atoms with Gasteiger partial charge in [-0.15, -0.1) is 12.4 Å². The molecule has 1 atom stereocenters. The second kappa shape index (κ2) is 5.66. The van der Waals surface area contributed by atoms with Crippen LogP contribution in [0.3, 0.4) is 0 Å². The molecule has 0 spiro atoms. The van der Waals surface area contributed by atoms with Gasteiger partial charge in [-0.3, -0.25) is 0 Å². The molecule has 0 fully saturated rings. The molecule has 2 aromatic rings. The third-order valence-corrected chi connectivity index (χ3v) is 2.31. The molecule has 3 nitrogen and oxygen atoms in total. The van der Waals surface area contributed by atoms with Gasteiger partial charge >= 0.3 is 5.97 Å². The fraction of sp³-hybridized carbons (Fsp3) is 0.154. The Balaban J connectivity index is 0.00000144. The van der Waals surface area contributed by atoms with E-state index in [1.165, 1.54) is 0 Å². The van der Waals surface area contributed by atoms with Crippen molar-refractivity contribution in [3.05, 3.63) is 42.5 Å². The number of carbonyl (C=O) groups excluding carboxylic acids is 1. The van der Waals surface area contributed by atoms with Gasteiger partial charge in [-0.1, -0.05) is 30.3 Å². The van der Waals surface area contributed by atoms with Crippen LogP contribution in [0.2, 0.25) is 0 Å². The van der Waals surface area contributed by atoms with Gasteiger partial charge in [0.25, 0.3) is 0 Å². The lowest BCUT2D eigenvalue weighted by Gasteiger charge is -2.07. The molecule has 0 aliphatic heterocycles. The van der Waals surface area contributed by atoms with E-state index in [2.05, 4.69) is 0 Å². The number of hydrogen-bond donors (Lipinski definition) is 1. The molecule has 0 aliphatic carbocycles. The highest BCUT2D eigenvalue weighted by atomic mass is 35.5. The molecule has 0 aliphatic rings. The first-order valence-electron chi connectivity index (χ1n) is 5.13. The summed E-state index contributed by atoms with van der Waals surface area (Å²) in [7, 11) is 0. The van der Waals surface area contributed by atoms with Crippen molar-refractivity contribution in [2.24, 2.45) is 5.73 Å². The Hall–Kier alpha value is -1.58. The van der Waals surface area contributed by atoms with Crippen LogP contribution in [-0.2, 0) is 4.79 Å². The summed E-state index contributed by atoms with van der Waals surface area (Å²) in [5.74, 6) is 0.108. The van der Waals surface area contributed by atoms with Gasteiger partial charge < -0.3 is 10.5 Å². The van der Waals surface area contributed by atoms with Crippen LogP contribution >= 0.6 is 12.4 Å². The lowest BCUT2D eigenvalue weighted by Crippen LogP contribution is -2.30. The molecule has 4 heteroatoms. The zero-order valence-electron chi connectivity index (χ0n) is 9.42. The summed E-state index contributed by atoms with van der Waals surface area (Å²) in [5, 5.41) is 2.15. The molecule has 17 heavy (non-hydrogen) atoms. The molecule has 2 N–H and O–H groups in total. The molecule has 0 radical (unpaired) electrons. The summed E-state index contributed by atoms with van der Waals surface area (Å²) < 4.78 is 5.12. The van der Waals surface area contributed by atoms with Crippen molar-refractivity contribution in [2.75, 3.05) is 0 Å². The van der Waals surface area contributed by atoms with Crippen molar-refractivity contribution in [1.82, 2.24) is 0 Å². The van der Waals surface area contributed by atoms with Crippen molar-refractivity contribution in [3.63, 3.8) is 0 Å². The number of hydrogen-bond acceptors (Lipinski definition) is 3. The SMILES string of the molecule is C[C@H](N)C(=O)Oc1ccc2ccccc2c1.Cl. The number of halogens is 1. The Labute approximate surface area is 106 Å². The van der Waals surface area contributed by atoms with E-state index in [-0.39, 0.29) is 12.4 Å². The van der Waals surface area contributed by atoms with E-state index in [9.17, 15) is 4.79 Å². The quantitative estimate of drug-likeness (QED) is 0.659. The topological polar surface area (TPSA) is 52.3 Å². The summed E-state index contributed by atoms with van der Waals surface area (Å²) >= 11 is 0. The fourth-order valence-corrected chi connectivity index (χ4v) is 1.44. The molecule has 90 valence electrons. The highest BCUT2D eigenvalue weighted by molar-refractivity contribution is 5.85. The predicted octanol–water partition coefficient (Wildman–Crippen LogP) is 2.51. The van der Waals surface area contributed by atoms with Gasteiger partial charge in [0.15, 0.2) is 0 Å². The summed E-state index contributed by atoms with van der Waals surface area (Å²) in [6, 6.07) is 12.8. The van der Waals surface area contributed by atoms with Crippen molar-refractivity contribution >= 4 is 29.1 Å². The molecule has 0 heterocycles. The summed E-state index contributed by atoms with van der Waals surface area (Å²) in [6.07, 6.45) is 0. The van der Waals surface area contributed by atoms with E-state index in [4.69, 9.17) is 10.5 Å². The van der Waals surface area contributed by atoms with E-state index < -0.39 is 12.0 Å². The van der Waals surface area contributed by atoms with Crippen LogP contribution in [0.5, 0.6) is 5.75 Å². The lowest BCUT2D eigenvalue weighted by molar-refractivity contribution is -0.135. The first-order valence-corrected chi connectivity index (χ1v) is 5.13. The number of carbonyl (C=O) groups is 1. The molecular weight excluding hydrogens is 238 g/mol. The standard InChI is InChI=1S/C13H13NO2.ClH/c1-9(14)13(15)16-12-7-6-10-4-2-3-5-11(10)8-12;/h2-9H,14H2,1H3;1H/t9-;/m0./s1. The van der Waals surface area contributed by atoms with Crippen molar-refractivity contribution in [2.45, 2.75) is 13.0 Å². The van der Waals surface area contributed by atoms with Crippen molar-refractivity contribution in [3.8, 4) is 5.75 Å². The molecule has 0 saturated carbocycles. The first kappa shape index (κ1) is 13.5. The summed E-state index contributed by atoms with van der Waals surface area (Å²) in [6.45, 7) is 1.60. The summed E-state index contributed by atoms with van der Waals surface area (Å²) in [5.41, 5.74) is 5.42. The van der Waals surface area contributed by atoms with Crippen LogP contribution in [0, 0.1) is 0 Å². The Kier molecular flexibility index (Phi) is 4.49. The van der Waals surface area contributed by atoms with Crippen LogP contribution in [-0.4, -0.2) is 12.0 Å². The Morgan fingerprint density at radius 2 is 1.82 bits per heavy atom. The number of nitrogens with two attached hydrogens (primary N) is 1. The molecule has 2 aromatic carbocycles. The van der Waals surface area contributed by atoms with E-state index in [1.807, 2.05) is 36.4 Å². The zero-order chi connectivity index (χ0) is 11.5. The Bertz CT molecular complexity index is 526. The second-order valence-corrected chi connectivity index (χ2v) is 3.72. The number of rotatable bonds is 2. The highest BCUT2D eigenvalue weighted by Crippen LogP contribution is 2.20. The van der Waals surface area contributed by atoms with E-state index in [0.717, 1.165) is 10.8 Å². The normalized spacial score (nSPS) is 11.6. The number of benzene rings is 2. The molecule has 0 amide bonds. The van der Waals surface area contributed by atoms with Crippen LogP contribution in [0.25, 0.3) is 10.8 Å². The molecule has 0 saturated heterocycles. The number of fused-ring (bicyclic) bond motifs is 1. The summed E-state index contributed by atoms with van der Waals surface area (Å²) in [4.78, 5) is 11.3. The average Bonchev–Trinajstić information content (AvgIpc) is 2.28. The van der Waals surface area contributed by atoms with Crippen LogP contribution in [0.15, 0.2) is 42.5 Å². The molecular formula is C13H14ClNO2. The van der Waals surface area contributed by atoms with Gasteiger partial charge in [0.2, 0.25) is 0 Å². The largest absolute Gasteiger partial charge is 0.425 e. The van der Waals surface area contributed by atoms with Gasteiger partial charge in [-0.05, 0) is 29.8 Å². The van der Waals surface area contributed by atoms with Crippen molar-refractivity contribution < 1.29 is 9.53 Å². The minimum absolute atomic E-state index is 0. The van der Waals surface area contributed by atoms with Gasteiger partial charge in [-0.2, -0.15) is 0 Å². The monoisotopic (exact) mass is 251 g/mol. The third-order valence-electron chi connectivity index (χ3n) is 2.31. The maximum absolute atomic E-state index is 11.3. The number of esters is 1. The van der Waals surface area contributed by atoms with Gasteiger partial charge in [-0.25, -0.2) is 4.79 Å². The lowest BCUT2D eigenvalue weighted by atomic mass is 10.1. The van der Waals surface area contributed by atoms with E-state index in [0.29, 0.717) is 5.75 Å². The van der Waals surface area contributed by atoms with Gasteiger partial charge in [0.05, 0.1) is 0 Å². The number of ether oxygens (including phenoxy) is 1. The molecule has 0 bridgehead atoms. The van der Waals surface area contributed by atoms with Gasteiger partial charge in [0, 0.05) is 0 Å². The van der Waals surface area contributed by atoms with Gasteiger partial charge in [0.1, 0.15) is 11.8 Å². The molecule has 0 unspecified atom stereocenters. The first-order chi connectivity index (χ1) is 7.66. The fourth-order valence-electron chi connectivity index (χ4n) is 1.44. The maximum atomic E-state index is 11.3. The minimum atomic E-state index is -0.605. The maximum Gasteiger partial charge on any atom is 0.328 e.